The van der Waals surface area contributed by atoms with Crippen LogP contribution in [0.2, 0.25) is 0 Å². The third kappa shape index (κ3) is 4.32. The Morgan fingerprint density at radius 3 is 2.94 bits per heavy atom. The third-order valence-electron chi connectivity index (χ3n) is 2.69. The van der Waals surface area contributed by atoms with Gasteiger partial charge in [-0.1, -0.05) is 0 Å². The Morgan fingerprint density at radius 2 is 2.35 bits per heavy atom. The lowest BCUT2D eigenvalue weighted by atomic mass is 10.2. The molecule has 1 aromatic heterocycles. The van der Waals surface area contributed by atoms with Gasteiger partial charge in [-0.15, -0.1) is 0 Å². The first-order valence-corrected chi connectivity index (χ1v) is 7.62. The van der Waals surface area contributed by atoms with E-state index in [0.717, 1.165) is 12.2 Å². The molecular formula is C12H17BrN2OS. The summed E-state index contributed by atoms with van der Waals surface area (Å²) >= 11 is 5.08. The van der Waals surface area contributed by atoms with Crippen molar-refractivity contribution in [3.8, 4) is 0 Å². The largest absolute Gasteiger partial charge is 0.339 e. The van der Waals surface area contributed by atoms with E-state index in [9.17, 15) is 4.79 Å². The zero-order valence-corrected chi connectivity index (χ0v) is 12.7. The number of amides is 1. The lowest BCUT2D eigenvalue weighted by Gasteiger charge is -2.24. The Morgan fingerprint density at radius 1 is 1.65 bits per heavy atom. The molecule has 0 aliphatic rings. The topological polar surface area (TPSA) is 33.2 Å². The zero-order valence-electron chi connectivity index (χ0n) is 10.3. The minimum absolute atomic E-state index is 0.0432. The molecule has 1 atom stereocenters. The van der Waals surface area contributed by atoms with Crippen molar-refractivity contribution in [1.82, 2.24) is 9.88 Å². The van der Waals surface area contributed by atoms with Gasteiger partial charge in [-0.25, -0.2) is 4.98 Å². The number of carbonyl (C=O) groups is 1. The predicted molar refractivity (Wildman–Crippen MR) is 76.5 cm³/mol. The van der Waals surface area contributed by atoms with Crippen molar-refractivity contribution < 1.29 is 4.79 Å². The van der Waals surface area contributed by atoms with E-state index in [-0.39, 0.29) is 11.9 Å². The molecule has 0 aromatic carbocycles. The van der Waals surface area contributed by atoms with Crippen LogP contribution in [-0.2, 0) is 0 Å². The molecule has 0 fully saturated rings. The Hall–Kier alpha value is -0.550. The minimum atomic E-state index is 0.0432. The number of rotatable bonds is 5. The zero-order chi connectivity index (χ0) is 12.8. The number of aromatic nitrogens is 1. The van der Waals surface area contributed by atoms with Crippen LogP contribution in [0.25, 0.3) is 0 Å². The summed E-state index contributed by atoms with van der Waals surface area (Å²) in [5.74, 6) is 1.11. The minimum Gasteiger partial charge on any atom is -0.339 e. The number of hydrogen-bond donors (Lipinski definition) is 0. The normalized spacial score (nSPS) is 12.2. The second kappa shape index (κ2) is 7.01. The van der Waals surface area contributed by atoms with E-state index in [1.165, 1.54) is 0 Å². The molecule has 0 saturated carbocycles. The van der Waals surface area contributed by atoms with Gasteiger partial charge in [0.25, 0.3) is 5.91 Å². The second-order valence-corrected chi connectivity index (χ2v) is 5.71. The molecule has 0 saturated heterocycles. The summed E-state index contributed by atoms with van der Waals surface area (Å²) in [6, 6.07) is 3.74. The molecule has 1 unspecified atom stereocenters. The molecule has 94 valence electrons. The highest BCUT2D eigenvalue weighted by Gasteiger charge is 2.17. The van der Waals surface area contributed by atoms with Gasteiger partial charge in [0, 0.05) is 24.8 Å². The molecule has 0 radical (unpaired) electrons. The third-order valence-corrected chi connectivity index (χ3v) is 3.77. The van der Waals surface area contributed by atoms with Crippen molar-refractivity contribution in [2.24, 2.45) is 0 Å². The summed E-state index contributed by atoms with van der Waals surface area (Å²) in [5.41, 5.74) is 0.672. The van der Waals surface area contributed by atoms with E-state index >= 15 is 0 Å². The molecule has 1 amide bonds. The van der Waals surface area contributed by atoms with Gasteiger partial charge in [0.2, 0.25) is 0 Å². The molecule has 0 N–H and O–H groups in total. The fourth-order valence-corrected chi connectivity index (χ4v) is 2.36. The highest BCUT2D eigenvalue weighted by molar-refractivity contribution is 9.10. The van der Waals surface area contributed by atoms with Crippen LogP contribution in [0.1, 0.15) is 23.7 Å². The summed E-state index contributed by atoms with van der Waals surface area (Å²) in [7, 11) is 1.85. The summed E-state index contributed by atoms with van der Waals surface area (Å²) in [6.07, 6.45) is 4.72. The maximum atomic E-state index is 12.2. The first-order valence-electron chi connectivity index (χ1n) is 5.44. The average Bonchev–Trinajstić information content (AvgIpc) is 2.34. The van der Waals surface area contributed by atoms with Crippen LogP contribution >= 0.6 is 27.7 Å². The molecule has 5 heteroatoms. The molecule has 1 aromatic rings. The number of nitrogens with zero attached hydrogens (tertiary/aromatic N) is 2. The summed E-state index contributed by atoms with van der Waals surface area (Å²) in [5, 5.41) is 0. The van der Waals surface area contributed by atoms with Gasteiger partial charge in [-0.2, -0.15) is 11.8 Å². The van der Waals surface area contributed by atoms with Crippen molar-refractivity contribution >= 4 is 33.6 Å². The van der Waals surface area contributed by atoms with Crippen molar-refractivity contribution in [3.63, 3.8) is 0 Å². The van der Waals surface area contributed by atoms with Gasteiger partial charge in [0.15, 0.2) is 0 Å². The van der Waals surface area contributed by atoms with Crippen LogP contribution in [-0.4, -0.2) is 40.9 Å². The quantitative estimate of drug-likeness (QED) is 0.783. The SMILES string of the molecule is CSCCC(C)N(C)C(=O)c1ccnc(Br)c1. The van der Waals surface area contributed by atoms with Crippen molar-refractivity contribution in [2.45, 2.75) is 19.4 Å². The first-order chi connectivity index (χ1) is 8.06. The monoisotopic (exact) mass is 316 g/mol. The number of hydrogen-bond acceptors (Lipinski definition) is 3. The van der Waals surface area contributed by atoms with E-state index in [0.29, 0.717) is 10.2 Å². The van der Waals surface area contributed by atoms with Gasteiger partial charge in [-0.3, -0.25) is 4.79 Å². The van der Waals surface area contributed by atoms with E-state index < -0.39 is 0 Å². The number of pyridine rings is 1. The van der Waals surface area contributed by atoms with Crippen LogP contribution in [0, 0.1) is 0 Å². The smallest absolute Gasteiger partial charge is 0.253 e. The highest BCUT2D eigenvalue weighted by atomic mass is 79.9. The molecular weight excluding hydrogens is 300 g/mol. The fraction of sp³-hybridized carbons (Fsp3) is 0.500. The summed E-state index contributed by atoms with van der Waals surface area (Å²) < 4.78 is 0.688. The Kier molecular flexibility index (Phi) is 5.98. The van der Waals surface area contributed by atoms with Crippen molar-refractivity contribution in [2.75, 3.05) is 19.1 Å². The maximum absolute atomic E-state index is 12.2. The van der Waals surface area contributed by atoms with Gasteiger partial charge < -0.3 is 4.90 Å². The molecule has 0 spiro atoms. The Bertz CT molecular complexity index is 387. The van der Waals surface area contributed by atoms with Crippen LogP contribution in [0.3, 0.4) is 0 Å². The summed E-state index contributed by atoms with van der Waals surface area (Å²) in [4.78, 5) is 18.0. The van der Waals surface area contributed by atoms with Gasteiger partial charge in [-0.05, 0) is 53.4 Å². The molecule has 0 aliphatic carbocycles. The van der Waals surface area contributed by atoms with Gasteiger partial charge in [0.1, 0.15) is 4.60 Å². The molecule has 0 bridgehead atoms. The summed E-state index contributed by atoms with van der Waals surface area (Å²) in [6.45, 7) is 2.07. The fourth-order valence-electron chi connectivity index (χ4n) is 1.42. The Balaban J connectivity index is 2.69. The van der Waals surface area contributed by atoms with Crippen LogP contribution in [0.15, 0.2) is 22.9 Å². The average molecular weight is 317 g/mol. The van der Waals surface area contributed by atoms with Crippen molar-refractivity contribution in [3.05, 3.63) is 28.5 Å². The molecule has 1 rings (SSSR count). The van der Waals surface area contributed by atoms with E-state index in [1.54, 1.807) is 35.0 Å². The molecule has 1 heterocycles. The highest BCUT2D eigenvalue weighted by Crippen LogP contribution is 2.13. The van der Waals surface area contributed by atoms with Crippen molar-refractivity contribution in [1.29, 1.82) is 0 Å². The maximum Gasteiger partial charge on any atom is 0.253 e. The van der Waals surface area contributed by atoms with Gasteiger partial charge >= 0.3 is 0 Å². The van der Waals surface area contributed by atoms with Crippen LogP contribution in [0.5, 0.6) is 0 Å². The second-order valence-electron chi connectivity index (χ2n) is 3.91. The number of carbonyl (C=O) groups excluding carboxylic acids is 1. The standard InChI is InChI=1S/C12H17BrN2OS/c1-9(5-7-17-3)15(2)12(16)10-4-6-14-11(13)8-10/h4,6,8-9H,5,7H2,1-3H3. The Labute approximate surface area is 115 Å². The molecule has 17 heavy (non-hydrogen) atoms. The van der Waals surface area contributed by atoms with Crippen LogP contribution < -0.4 is 0 Å². The van der Waals surface area contributed by atoms with Gasteiger partial charge in [0.05, 0.1) is 0 Å². The number of thioether (sulfide) groups is 1. The lowest BCUT2D eigenvalue weighted by molar-refractivity contribution is 0.0741. The first kappa shape index (κ1) is 14.5. The lowest BCUT2D eigenvalue weighted by Crippen LogP contribution is -2.35. The number of halogens is 1. The molecule has 0 aliphatic heterocycles. The molecule has 3 nitrogen and oxygen atoms in total. The van der Waals surface area contributed by atoms with E-state index in [2.05, 4.69) is 34.1 Å². The van der Waals surface area contributed by atoms with E-state index in [4.69, 9.17) is 0 Å². The predicted octanol–water partition coefficient (Wildman–Crippen LogP) is 3.06. The van der Waals surface area contributed by atoms with E-state index in [1.807, 2.05) is 7.05 Å². The van der Waals surface area contributed by atoms with Crippen LogP contribution in [0.4, 0.5) is 0 Å².